The van der Waals surface area contributed by atoms with Gasteiger partial charge in [0.25, 0.3) is 0 Å². The summed E-state index contributed by atoms with van der Waals surface area (Å²) in [5.41, 5.74) is 1.34. The normalized spacial score (nSPS) is 20.2. The highest BCUT2D eigenvalue weighted by Gasteiger charge is 2.36. The molecule has 6 nitrogen and oxygen atoms in total. The molecular weight excluding hydrogens is 324 g/mol. The molecule has 2 aromatic rings. The Kier molecular flexibility index (Phi) is 4.22. The lowest BCUT2D eigenvalue weighted by Gasteiger charge is -2.35. The van der Waals surface area contributed by atoms with Crippen LogP contribution in [0.2, 0.25) is 5.02 Å². The zero-order valence-electron chi connectivity index (χ0n) is 12.1. The number of piperazine rings is 1. The number of aryl methyl sites for hydroxylation is 1. The molecule has 3 rings (SSSR count). The minimum absolute atomic E-state index is 0.214. The van der Waals surface area contributed by atoms with Gasteiger partial charge in [0.15, 0.2) is 0 Å². The van der Waals surface area contributed by atoms with E-state index in [1.54, 1.807) is 13.0 Å². The van der Waals surface area contributed by atoms with E-state index in [2.05, 4.69) is 15.5 Å². The summed E-state index contributed by atoms with van der Waals surface area (Å²) in [4.78, 5) is 0.214. The number of aromatic amines is 1. The third kappa shape index (κ3) is 2.65. The number of nitrogens with one attached hydrogen (secondary N) is 2. The van der Waals surface area contributed by atoms with Crippen LogP contribution in [0.1, 0.15) is 17.3 Å². The fourth-order valence-electron chi connectivity index (χ4n) is 2.71. The zero-order valence-corrected chi connectivity index (χ0v) is 13.7. The summed E-state index contributed by atoms with van der Waals surface area (Å²) in [5.74, 6) is 0. The average molecular weight is 341 g/mol. The molecule has 0 spiro atoms. The molecule has 1 fully saturated rings. The summed E-state index contributed by atoms with van der Waals surface area (Å²) in [7, 11) is -3.62. The van der Waals surface area contributed by atoms with E-state index in [1.807, 2.05) is 18.2 Å². The molecule has 0 aliphatic carbocycles. The van der Waals surface area contributed by atoms with Crippen molar-refractivity contribution in [1.82, 2.24) is 19.8 Å². The second-order valence-corrected chi connectivity index (χ2v) is 7.48. The molecule has 1 aromatic heterocycles. The Morgan fingerprint density at radius 3 is 2.82 bits per heavy atom. The molecule has 8 heteroatoms. The van der Waals surface area contributed by atoms with E-state index in [4.69, 9.17) is 11.6 Å². The Bertz CT molecular complexity index is 775. The van der Waals surface area contributed by atoms with E-state index < -0.39 is 10.0 Å². The highest BCUT2D eigenvalue weighted by Crippen LogP contribution is 2.33. The topological polar surface area (TPSA) is 78.1 Å². The van der Waals surface area contributed by atoms with Gasteiger partial charge in [-0.05, 0) is 18.6 Å². The standard InChI is InChI=1S/C14H17ClN4O2S/c1-10-14(9-17-18-10)22(20,21)19-7-6-16-8-13(19)11-4-2-3-5-12(11)15/h2-5,9,13,16H,6-8H2,1H3,(H,17,18). The van der Waals surface area contributed by atoms with Crippen LogP contribution in [0.5, 0.6) is 0 Å². The maximum absolute atomic E-state index is 13.0. The van der Waals surface area contributed by atoms with Crippen molar-refractivity contribution in [3.05, 3.63) is 46.7 Å². The van der Waals surface area contributed by atoms with Crippen LogP contribution in [0.25, 0.3) is 0 Å². The quantitative estimate of drug-likeness (QED) is 0.891. The number of H-pyrrole nitrogens is 1. The Hall–Kier alpha value is -1.41. The van der Waals surface area contributed by atoms with Gasteiger partial charge in [0, 0.05) is 24.7 Å². The van der Waals surface area contributed by atoms with Gasteiger partial charge in [-0.3, -0.25) is 5.10 Å². The second kappa shape index (κ2) is 6.00. The molecule has 1 aliphatic heterocycles. The summed E-state index contributed by atoms with van der Waals surface area (Å²) in [6.07, 6.45) is 1.36. The maximum Gasteiger partial charge on any atom is 0.247 e. The van der Waals surface area contributed by atoms with E-state index in [-0.39, 0.29) is 10.9 Å². The monoisotopic (exact) mass is 340 g/mol. The van der Waals surface area contributed by atoms with Crippen LogP contribution in [-0.2, 0) is 10.0 Å². The number of aromatic nitrogens is 2. The molecule has 2 N–H and O–H groups in total. The van der Waals surface area contributed by atoms with Gasteiger partial charge in [0.1, 0.15) is 4.90 Å². The van der Waals surface area contributed by atoms with Crippen molar-refractivity contribution >= 4 is 21.6 Å². The number of sulfonamides is 1. The number of hydrogen-bond acceptors (Lipinski definition) is 4. The molecule has 1 atom stereocenters. The number of halogens is 1. The smallest absolute Gasteiger partial charge is 0.247 e. The SMILES string of the molecule is Cc1[nH]ncc1S(=O)(=O)N1CCNCC1c1ccccc1Cl. The van der Waals surface area contributed by atoms with Crippen molar-refractivity contribution in [2.45, 2.75) is 17.9 Å². The highest BCUT2D eigenvalue weighted by molar-refractivity contribution is 7.89. The lowest BCUT2D eigenvalue weighted by atomic mass is 10.1. The number of hydrogen-bond donors (Lipinski definition) is 2. The zero-order chi connectivity index (χ0) is 15.7. The predicted molar refractivity (Wildman–Crippen MR) is 84.3 cm³/mol. The molecule has 1 aliphatic rings. The summed E-state index contributed by atoms with van der Waals surface area (Å²) >= 11 is 6.26. The van der Waals surface area contributed by atoms with Gasteiger partial charge < -0.3 is 5.32 Å². The first-order valence-electron chi connectivity index (χ1n) is 6.99. The van der Waals surface area contributed by atoms with Crippen LogP contribution in [0.15, 0.2) is 35.4 Å². The van der Waals surface area contributed by atoms with Crippen molar-refractivity contribution in [3.8, 4) is 0 Å². The Morgan fingerprint density at radius 2 is 2.14 bits per heavy atom. The predicted octanol–water partition coefficient (Wildman–Crippen LogP) is 1.71. The van der Waals surface area contributed by atoms with Crippen molar-refractivity contribution in [2.75, 3.05) is 19.6 Å². The first kappa shape index (κ1) is 15.5. The van der Waals surface area contributed by atoms with Crippen molar-refractivity contribution in [3.63, 3.8) is 0 Å². The third-order valence-electron chi connectivity index (χ3n) is 3.83. The van der Waals surface area contributed by atoms with Crippen LogP contribution in [0.4, 0.5) is 0 Å². The average Bonchev–Trinajstić information content (AvgIpc) is 2.95. The number of nitrogens with zero attached hydrogens (tertiary/aromatic N) is 2. The van der Waals surface area contributed by atoms with Gasteiger partial charge in [0.2, 0.25) is 10.0 Å². The fourth-order valence-corrected chi connectivity index (χ4v) is 4.70. The molecule has 0 saturated carbocycles. The van der Waals surface area contributed by atoms with Crippen LogP contribution in [0.3, 0.4) is 0 Å². The summed E-state index contributed by atoms with van der Waals surface area (Å²) < 4.78 is 27.4. The van der Waals surface area contributed by atoms with Crippen molar-refractivity contribution in [2.24, 2.45) is 0 Å². The molecule has 1 unspecified atom stereocenters. The molecule has 1 aromatic carbocycles. The summed E-state index contributed by atoms with van der Waals surface area (Å²) in [6.45, 7) is 3.23. The molecule has 22 heavy (non-hydrogen) atoms. The van der Waals surface area contributed by atoms with E-state index in [0.29, 0.717) is 30.4 Å². The highest BCUT2D eigenvalue weighted by atomic mass is 35.5. The van der Waals surface area contributed by atoms with Gasteiger partial charge in [-0.25, -0.2) is 8.42 Å². The molecule has 118 valence electrons. The summed E-state index contributed by atoms with van der Waals surface area (Å²) in [5, 5.41) is 10.3. The van der Waals surface area contributed by atoms with Gasteiger partial charge in [-0.1, -0.05) is 29.8 Å². The van der Waals surface area contributed by atoms with Gasteiger partial charge in [-0.15, -0.1) is 0 Å². The number of benzene rings is 1. The van der Waals surface area contributed by atoms with Crippen LogP contribution >= 0.6 is 11.6 Å². The summed E-state index contributed by atoms with van der Waals surface area (Å²) in [6, 6.07) is 7.01. The Morgan fingerprint density at radius 1 is 1.36 bits per heavy atom. The van der Waals surface area contributed by atoms with Gasteiger partial charge in [0.05, 0.1) is 17.9 Å². The Balaban J connectivity index is 2.04. The first-order chi connectivity index (χ1) is 10.5. The molecule has 0 amide bonds. The molecule has 0 radical (unpaired) electrons. The Labute approximate surface area is 134 Å². The van der Waals surface area contributed by atoms with Crippen LogP contribution < -0.4 is 5.32 Å². The third-order valence-corrected chi connectivity index (χ3v) is 6.19. The van der Waals surface area contributed by atoms with Crippen molar-refractivity contribution < 1.29 is 8.42 Å². The maximum atomic E-state index is 13.0. The van der Waals surface area contributed by atoms with Gasteiger partial charge in [-0.2, -0.15) is 9.40 Å². The fraction of sp³-hybridized carbons (Fsp3) is 0.357. The van der Waals surface area contributed by atoms with E-state index in [9.17, 15) is 8.42 Å². The van der Waals surface area contributed by atoms with Crippen LogP contribution in [0, 0.1) is 6.92 Å². The molecule has 2 heterocycles. The van der Waals surface area contributed by atoms with Crippen molar-refractivity contribution in [1.29, 1.82) is 0 Å². The largest absolute Gasteiger partial charge is 0.313 e. The lowest BCUT2D eigenvalue weighted by molar-refractivity contribution is 0.271. The van der Waals surface area contributed by atoms with Crippen LogP contribution in [-0.4, -0.2) is 42.6 Å². The van der Waals surface area contributed by atoms with E-state index in [0.717, 1.165) is 5.56 Å². The minimum atomic E-state index is -3.62. The van der Waals surface area contributed by atoms with E-state index in [1.165, 1.54) is 10.5 Å². The minimum Gasteiger partial charge on any atom is -0.313 e. The molecule has 0 bridgehead atoms. The van der Waals surface area contributed by atoms with E-state index >= 15 is 0 Å². The second-order valence-electron chi connectivity index (χ2n) is 5.22. The van der Waals surface area contributed by atoms with Gasteiger partial charge >= 0.3 is 0 Å². The molecule has 1 saturated heterocycles. The molecular formula is C14H17ClN4O2S. The lowest BCUT2D eigenvalue weighted by Crippen LogP contribution is -2.48. The first-order valence-corrected chi connectivity index (χ1v) is 8.80. The number of rotatable bonds is 3.